The highest BCUT2D eigenvalue weighted by Gasteiger charge is 2.54. The van der Waals surface area contributed by atoms with Gasteiger partial charge in [0.2, 0.25) is 5.91 Å². The van der Waals surface area contributed by atoms with E-state index in [4.69, 9.17) is 4.74 Å². The van der Waals surface area contributed by atoms with Crippen molar-refractivity contribution in [3.05, 3.63) is 35.6 Å². The van der Waals surface area contributed by atoms with E-state index < -0.39 is 23.0 Å². The third kappa shape index (κ3) is 2.41. The third-order valence-electron chi connectivity index (χ3n) is 4.24. The van der Waals surface area contributed by atoms with Gasteiger partial charge in [-0.3, -0.25) is 4.79 Å². The molecule has 1 heterocycles. The number of amides is 1. The highest BCUT2D eigenvalue weighted by Crippen LogP contribution is 2.49. The molecule has 3 rings (SSSR count). The lowest BCUT2D eigenvalue weighted by Crippen LogP contribution is -2.44. The van der Waals surface area contributed by atoms with E-state index in [1.165, 1.54) is 6.07 Å². The second-order valence-electron chi connectivity index (χ2n) is 6.47. The first-order valence-corrected chi connectivity index (χ1v) is 7.13. The molecule has 1 saturated carbocycles. The summed E-state index contributed by atoms with van der Waals surface area (Å²) in [5.41, 5.74) is -0.977. The maximum atomic E-state index is 13.9. The van der Waals surface area contributed by atoms with Crippen molar-refractivity contribution in [1.82, 2.24) is 5.32 Å². The lowest BCUT2D eigenvalue weighted by Gasteiger charge is -2.19. The molecule has 1 saturated heterocycles. The van der Waals surface area contributed by atoms with E-state index in [0.717, 1.165) is 0 Å². The molecule has 21 heavy (non-hydrogen) atoms. The number of carbonyl (C=O) groups excluding carboxylic acids is 2. The Labute approximate surface area is 122 Å². The summed E-state index contributed by atoms with van der Waals surface area (Å²) in [5.74, 6) is -1.08. The molecule has 1 atom stereocenters. The number of nitrogens with one attached hydrogen (secondary N) is 1. The summed E-state index contributed by atoms with van der Waals surface area (Å²) < 4.78 is 19.1. The Bertz CT molecular complexity index is 607. The molecule has 0 radical (unpaired) electrons. The van der Waals surface area contributed by atoms with E-state index in [9.17, 15) is 14.0 Å². The predicted octanol–water partition coefficient (Wildman–Crippen LogP) is 2.07. The number of hydrogen-bond acceptors (Lipinski definition) is 3. The lowest BCUT2D eigenvalue weighted by atomic mass is 9.93. The molecule has 1 N–H and O–H groups in total. The maximum Gasteiger partial charge on any atom is 0.329 e. The van der Waals surface area contributed by atoms with Crippen LogP contribution >= 0.6 is 0 Å². The van der Waals surface area contributed by atoms with Gasteiger partial charge in [0, 0.05) is 12.0 Å². The van der Waals surface area contributed by atoms with Crippen LogP contribution in [0, 0.1) is 5.82 Å². The fourth-order valence-corrected chi connectivity index (χ4v) is 2.96. The molecule has 2 fully saturated rings. The Kier molecular flexibility index (Phi) is 3.04. The molecule has 1 unspecified atom stereocenters. The summed E-state index contributed by atoms with van der Waals surface area (Å²) in [7, 11) is 0. The number of carbonyl (C=O) groups is 2. The standard InChI is InChI=1S/C16H18FNO3/c1-15(2)9-12(13(19)21-15)18-14(20)16(7-8-16)10-5-3-4-6-11(10)17/h3-6,12H,7-9H2,1-2H3,(H,18,20). The molecular formula is C16H18FNO3. The fourth-order valence-electron chi connectivity index (χ4n) is 2.96. The minimum Gasteiger partial charge on any atom is -0.458 e. The minimum atomic E-state index is -0.821. The first-order valence-electron chi connectivity index (χ1n) is 7.13. The maximum absolute atomic E-state index is 13.9. The first-order chi connectivity index (χ1) is 9.84. The number of cyclic esters (lactones) is 1. The molecule has 5 heteroatoms. The normalized spacial score (nSPS) is 25.3. The average molecular weight is 291 g/mol. The van der Waals surface area contributed by atoms with Gasteiger partial charge in [0.15, 0.2) is 0 Å². The van der Waals surface area contributed by atoms with E-state index in [2.05, 4.69) is 5.32 Å². The smallest absolute Gasteiger partial charge is 0.329 e. The van der Waals surface area contributed by atoms with Gasteiger partial charge >= 0.3 is 5.97 Å². The van der Waals surface area contributed by atoms with Gasteiger partial charge in [-0.25, -0.2) is 9.18 Å². The van der Waals surface area contributed by atoms with Gasteiger partial charge < -0.3 is 10.1 Å². The molecule has 2 aliphatic rings. The second-order valence-corrected chi connectivity index (χ2v) is 6.47. The Morgan fingerprint density at radius 3 is 2.52 bits per heavy atom. The van der Waals surface area contributed by atoms with Crippen molar-refractivity contribution in [2.75, 3.05) is 0 Å². The van der Waals surface area contributed by atoms with E-state index in [0.29, 0.717) is 24.8 Å². The van der Waals surface area contributed by atoms with Crippen LogP contribution < -0.4 is 5.32 Å². The monoisotopic (exact) mass is 291 g/mol. The van der Waals surface area contributed by atoms with Crippen LogP contribution in [0.3, 0.4) is 0 Å². The molecule has 0 aromatic heterocycles. The van der Waals surface area contributed by atoms with E-state index in [-0.39, 0.29) is 11.7 Å². The summed E-state index contributed by atoms with van der Waals surface area (Å²) in [5, 5.41) is 2.73. The first kappa shape index (κ1) is 14.0. The summed E-state index contributed by atoms with van der Waals surface area (Å²) in [6, 6.07) is 5.67. The quantitative estimate of drug-likeness (QED) is 0.867. The molecule has 1 amide bonds. The van der Waals surface area contributed by atoms with Crippen LogP contribution in [0.2, 0.25) is 0 Å². The van der Waals surface area contributed by atoms with Crippen molar-refractivity contribution < 1.29 is 18.7 Å². The van der Waals surface area contributed by atoms with Gasteiger partial charge in [-0.2, -0.15) is 0 Å². The van der Waals surface area contributed by atoms with Gasteiger partial charge in [0.25, 0.3) is 0 Å². The predicted molar refractivity (Wildman–Crippen MR) is 74.0 cm³/mol. The van der Waals surface area contributed by atoms with Gasteiger partial charge in [-0.05, 0) is 32.8 Å². The van der Waals surface area contributed by atoms with Gasteiger partial charge in [0.05, 0.1) is 5.41 Å². The Morgan fingerprint density at radius 1 is 1.33 bits per heavy atom. The zero-order valence-electron chi connectivity index (χ0n) is 12.1. The highest BCUT2D eigenvalue weighted by molar-refractivity contribution is 5.94. The Morgan fingerprint density at radius 2 is 2.00 bits per heavy atom. The molecule has 1 aliphatic carbocycles. The molecule has 0 spiro atoms. The Balaban J connectivity index is 1.78. The topological polar surface area (TPSA) is 55.4 Å². The van der Waals surface area contributed by atoms with Gasteiger partial charge in [-0.15, -0.1) is 0 Å². The molecule has 112 valence electrons. The number of esters is 1. The van der Waals surface area contributed by atoms with E-state index >= 15 is 0 Å². The number of hydrogen-bond donors (Lipinski definition) is 1. The largest absolute Gasteiger partial charge is 0.458 e. The molecule has 1 aromatic carbocycles. The van der Waals surface area contributed by atoms with Crippen LogP contribution in [0.1, 0.15) is 38.7 Å². The second kappa shape index (κ2) is 4.55. The lowest BCUT2D eigenvalue weighted by molar-refractivity contribution is -0.148. The van der Waals surface area contributed by atoms with Crippen LogP contribution in [0.25, 0.3) is 0 Å². The molecule has 0 bridgehead atoms. The van der Waals surface area contributed by atoms with Crippen LogP contribution in [0.4, 0.5) is 4.39 Å². The summed E-state index contributed by atoms with van der Waals surface area (Å²) in [4.78, 5) is 24.3. The van der Waals surface area contributed by atoms with Crippen molar-refractivity contribution in [2.24, 2.45) is 0 Å². The summed E-state index contributed by atoms with van der Waals surface area (Å²) >= 11 is 0. The molecule has 4 nitrogen and oxygen atoms in total. The van der Waals surface area contributed by atoms with Crippen molar-refractivity contribution >= 4 is 11.9 Å². The summed E-state index contributed by atoms with van der Waals surface area (Å²) in [6.45, 7) is 3.61. The van der Waals surface area contributed by atoms with Crippen LogP contribution in [-0.4, -0.2) is 23.5 Å². The number of ether oxygens (including phenoxy) is 1. The molecular weight excluding hydrogens is 273 g/mol. The zero-order valence-corrected chi connectivity index (χ0v) is 12.1. The van der Waals surface area contributed by atoms with E-state index in [1.807, 2.05) is 0 Å². The number of rotatable bonds is 3. The Hall–Kier alpha value is -1.91. The molecule has 1 aromatic rings. The van der Waals surface area contributed by atoms with Crippen LogP contribution in [0.5, 0.6) is 0 Å². The number of halogens is 1. The summed E-state index contributed by atoms with van der Waals surface area (Å²) in [6.07, 6.45) is 1.64. The van der Waals surface area contributed by atoms with E-state index in [1.54, 1.807) is 32.0 Å². The molecule has 1 aliphatic heterocycles. The van der Waals surface area contributed by atoms with Crippen molar-refractivity contribution in [2.45, 2.75) is 50.2 Å². The van der Waals surface area contributed by atoms with Crippen LogP contribution in [-0.2, 0) is 19.7 Å². The fraction of sp³-hybridized carbons (Fsp3) is 0.500. The average Bonchev–Trinajstić information content (AvgIpc) is 3.14. The van der Waals surface area contributed by atoms with Crippen molar-refractivity contribution in [3.8, 4) is 0 Å². The van der Waals surface area contributed by atoms with Gasteiger partial charge in [0.1, 0.15) is 17.5 Å². The van der Waals surface area contributed by atoms with Crippen molar-refractivity contribution in [1.29, 1.82) is 0 Å². The zero-order chi connectivity index (χ0) is 15.3. The van der Waals surface area contributed by atoms with Gasteiger partial charge in [-0.1, -0.05) is 18.2 Å². The van der Waals surface area contributed by atoms with Crippen LogP contribution in [0.15, 0.2) is 24.3 Å². The SMILES string of the molecule is CC1(C)CC(NC(=O)C2(c3ccccc3F)CC2)C(=O)O1. The third-order valence-corrected chi connectivity index (χ3v) is 4.24. The highest BCUT2D eigenvalue weighted by atomic mass is 19.1. The number of benzene rings is 1. The minimum absolute atomic E-state index is 0.285. The van der Waals surface area contributed by atoms with Crippen molar-refractivity contribution in [3.63, 3.8) is 0 Å².